The Hall–Kier alpha value is -2.77. The monoisotopic (exact) mass is 418 g/mol. The molecule has 3 aromatic rings. The van der Waals surface area contributed by atoms with E-state index in [1.54, 1.807) is 12.1 Å². The highest BCUT2D eigenvalue weighted by Crippen LogP contribution is 2.40. The van der Waals surface area contributed by atoms with Crippen LogP contribution in [-0.4, -0.2) is 32.2 Å². The summed E-state index contributed by atoms with van der Waals surface area (Å²) in [6.45, 7) is 1.95. The molecule has 0 unspecified atom stereocenters. The molecule has 2 aromatic carbocycles. The smallest absolute Gasteiger partial charge is 0.261 e. The van der Waals surface area contributed by atoms with Crippen LogP contribution in [0.2, 0.25) is 5.02 Å². The lowest BCUT2D eigenvalue weighted by molar-refractivity contribution is 0.102. The zero-order chi connectivity index (χ0) is 20.3. The van der Waals surface area contributed by atoms with Crippen molar-refractivity contribution in [3.63, 3.8) is 0 Å². The molecule has 1 N–H and O–H groups in total. The average Bonchev–Trinajstić information content (AvgIpc) is 3.06. The first-order valence-electron chi connectivity index (χ1n) is 8.32. The van der Waals surface area contributed by atoms with Crippen LogP contribution in [0.25, 0.3) is 11.3 Å². The molecule has 1 aromatic heterocycles. The summed E-state index contributed by atoms with van der Waals surface area (Å²) in [4.78, 5) is 18.4. The molecule has 1 amide bonds. The molecule has 0 atom stereocenters. The van der Waals surface area contributed by atoms with Gasteiger partial charge in [-0.05, 0) is 31.2 Å². The van der Waals surface area contributed by atoms with Gasteiger partial charge < -0.3 is 14.2 Å². The first-order chi connectivity index (χ1) is 13.5. The van der Waals surface area contributed by atoms with Crippen molar-refractivity contribution in [2.45, 2.75) is 6.92 Å². The number of carbonyl (C=O) groups is 1. The van der Waals surface area contributed by atoms with Gasteiger partial charge in [0, 0.05) is 15.5 Å². The summed E-state index contributed by atoms with van der Waals surface area (Å²) in [5, 5.41) is 3.98. The third-order valence-electron chi connectivity index (χ3n) is 4.08. The summed E-state index contributed by atoms with van der Waals surface area (Å²) in [6.07, 6.45) is 0. The number of carbonyl (C=O) groups excluding carboxylic acids is 1. The van der Waals surface area contributed by atoms with Crippen LogP contribution >= 0.6 is 22.9 Å². The van der Waals surface area contributed by atoms with Gasteiger partial charge in [-0.2, -0.15) is 0 Å². The lowest BCUT2D eigenvalue weighted by atomic mass is 10.1. The van der Waals surface area contributed by atoms with E-state index in [9.17, 15) is 4.79 Å². The Bertz CT molecular complexity index is 1000. The second kappa shape index (κ2) is 8.50. The molecule has 28 heavy (non-hydrogen) atoms. The topological polar surface area (TPSA) is 69.7 Å². The third-order valence-corrected chi connectivity index (χ3v) is 5.22. The number of hydrogen-bond acceptors (Lipinski definition) is 6. The number of hydrogen-bond donors (Lipinski definition) is 1. The lowest BCUT2D eigenvalue weighted by Gasteiger charge is -2.15. The van der Waals surface area contributed by atoms with Gasteiger partial charge in [-0.1, -0.05) is 23.7 Å². The summed E-state index contributed by atoms with van der Waals surface area (Å²) in [5.41, 5.74) is 2.06. The van der Waals surface area contributed by atoms with Crippen molar-refractivity contribution in [2.24, 2.45) is 0 Å². The lowest BCUT2D eigenvalue weighted by Crippen LogP contribution is -2.13. The van der Waals surface area contributed by atoms with Crippen LogP contribution in [0, 0.1) is 6.92 Å². The number of ether oxygens (including phenoxy) is 3. The first kappa shape index (κ1) is 20.0. The van der Waals surface area contributed by atoms with E-state index in [4.69, 9.17) is 25.8 Å². The van der Waals surface area contributed by atoms with E-state index in [1.807, 2.05) is 31.2 Å². The number of halogens is 1. The van der Waals surface area contributed by atoms with E-state index < -0.39 is 0 Å². The molecule has 0 saturated heterocycles. The molecule has 3 rings (SSSR count). The minimum absolute atomic E-state index is 0.297. The molecule has 0 saturated carbocycles. The van der Waals surface area contributed by atoms with Gasteiger partial charge in [0.1, 0.15) is 0 Å². The first-order valence-corrected chi connectivity index (χ1v) is 9.51. The molecule has 0 radical (unpaired) electrons. The van der Waals surface area contributed by atoms with E-state index in [0.717, 1.165) is 16.1 Å². The maximum absolute atomic E-state index is 12.8. The van der Waals surface area contributed by atoms with E-state index >= 15 is 0 Å². The van der Waals surface area contributed by atoms with Gasteiger partial charge in [0.2, 0.25) is 5.75 Å². The minimum atomic E-state index is -0.353. The highest BCUT2D eigenvalue weighted by molar-refractivity contribution is 7.16. The second-order valence-electron chi connectivity index (χ2n) is 5.77. The van der Waals surface area contributed by atoms with E-state index in [2.05, 4.69) is 10.3 Å². The third kappa shape index (κ3) is 3.90. The Morgan fingerprint density at radius 2 is 1.68 bits per heavy atom. The van der Waals surface area contributed by atoms with E-state index in [-0.39, 0.29) is 5.91 Å². The predicted molar refractivity (Wildman–Crippen MR) is 111 cm³/mol. The van der Waals surface area contributed by atoms with Crippen molar-refractivity contribution < 1.29 is 19.0 Å². The van der Waals surface area contributed by atoms with Crippen molar-refractivity contribution in [1.29, 1.82) is 0 Å². The maximum atomic E-state index is 12.8. The number of thiazole rings is 1. The van der Waals surface area contributed by atoms with E-state index in [1.165, 1.54) is 32.7 Å². The van der Waals surface area contributed by atoms with Gasteiger partial charge >= 0.3 is 0 Å². The SMILES string of the molecule is COc1ccc(C(=O)Nc2nc(-c3ccc(Cl)cc3)c(C)s2)c(OC)c1OC. The standard InChI is InChI=1S/C20H19ClN2O4S/c1-11-16(12-5-7-13(21)8-6-12)22-20(28-11)23-19(24)14-9-10-15(25-2)18(27-4)17(14)26-3/h5-10H,1-4H3,(H,22,23,24). The highest BCUT2D eigenvalue weighted by Gasteiger charge is 2.22. The summed E-state index contributed by atoms with van der Waals surface area (Å²) < 4.78 is 16.0. The van der Waals surface area contributed by atoms with Gasteiger partial charge in [0.25, 0.3) is 5.91 Å². The number of aromatic nitrogens is 1. The van der Waals surface area contributed by atoms with Gasteiger partial charge in [0.05, 0.1) is 32.6 Å². The molecular formula is C20H19ClN2O4S. The fourth-order valence-corrected chi connectivity index (χ4v) is 3.73. The molecule has 0 aliphatic rings. The van der Waals surface area contributed by atoms with Crippen LogP contribution in [0.15, 0.2) is 36.4 Å². The molecule has 0 bridgehead atoms. The summed E-state index contributed by atoms with van der Waals surface area (Å²) in [6, 6.07) is 10.7. The van der Waals surface area contributed by atoms with Crippen LogP contribution < -0.4 is 19.5 Å². The zero-order valence-corrected chi connectivity index (χ0v) is 17.4. The van der Waals surface area contributed by atoms with Crippen LogP contribution in [0.3, 0.4) is 0 Å². The Labute approximate surface area is 172 Å². The van der Waals surface area contributed by atoms with Gasteiger partial charge in [-0.25, -0.2) is 4.98 Å². The molecule has 0 aliphatic carbocycles. The molecule has 0 fully saturated rings. The number of methoxy groups -OCH3 is 3. The normalized spacial score (nSPS) is 10.5. The number of nitrogens with zero attached hydrogens (tertiary/aromatic N) is 1. The molecular weight excluding hydrogens is 400 g/mol. The minimum Gasteiger partial charge on any atom is -0.493 e. The predicted octanol–water partition coefficient (Wildman–Crippen LogP) is 5.05. The fraction of sp³-hybridized carbons (Fsp3) is 0.200. The van der Waals surface area contributed by atoms with Crippen molar-refractivity contribution >= 4 is 34.0 Å². The summed E-state index contributed by atoms with van der Waals surface area (Å²) >= 11 is 7.34. The number of aryl methyl sites for hydroxylation is 1. The molecule has 146 valence electrons. The Balaban J connectivity index is 1.90. The van der Waals surface area contributed by atoms with Crippen molar-refractivity contribution in [2.75, 3.05) is 26.6 Å². The van der Waals surface area contributed by atoms with Crippen molar-refractivity contribution in [3.8, 4) is 28.5 Å². The zero-order valence-electron chi connectivity index (χ0n) is 15.8. The molecule has 6 nitrogen and oxygen atoms in total. The second-order valence-corrected chi connectivity index (χ2v) is 7.41. The number of rotatable bonds is 6. The molecule has 8 heteroatoms. The summed E-state index contributed by atoms with van der Waals surface area (Å²) in [7, 11) is 4.48. The number of benzene rings is 2. The fourth-order valence-electron chi connectivity index (χ4n) is 2.77. The van der Waals surface area contributed by atoms with Gasteiger partial charge in [-0.3, -0.25) is 10.1 Å². The molecule has 0 aliphatic heterocycles. The van der Waals surface area contributed by atoms with Gasteiger partial charge in [0.15, 0.2) is 16.6 Å². The van der Waals surface area contributed by atoms with Crippen molar-refractivity contribution in [3.05, 3.63) is 51.9 Å². The number of anilines is 1. The van der Waals surface area contributed by atoms with Crippen LogP contribution in [0.1, 0.15) is 15.2 Å². The Morgan fingerprint density at radius 1 is 1.00 bits per heavy atom. The Morgan fingerprint density at radius 3 is 2.29 bits per heavy atom. The summed E-state index contributed by atoms with van der Waals surface area (Å²) in [5.74, 6) is 0.778. The van der Waals surface area contributed by atoms with Crippen LogP contribution in [-0.2, 0) is 0 Å². The van der Waals surface area contributed by atoms with Crippen LogP contribution in [0.4, 0.5) is 5.13 Å². The molecule has 1 heterocycles. The highest BCUT2D eigenvalue weighted by atomic mass is 35.5. The van der Waals surface area contributed by atoms with Crippen molar-refractivity contribution in [1.82, 2.24) is 4.98 Å². The maximum Gasteiger partial charge on any atom is 0.261 e. The quantitative estimate of drug-likeness (QED) is 0.606. The number of amides is 1. The van der Waals surface area contributed by atoms with Gasteiger partial charge in [-0.15, -0.1) is 11.3 Å². The van der Waals surface area contributed by atoms with Crippen LogP contribution in [0.5, 0.6) is 17.2 Å². The Kier molecular flexibility index (Phi) is 6.06. The number of nitrogens with one attached hydrogen (secondary N) is 1. The average molecular weight is 419 g/mol. The molecule has 0 spiro atoms. The van der Waals surface area contributed by atoms with E-state index in [0.29, 0.717) is 33.0 Å². The largest absolute Gasteiger partial charge is 0.493 e.